The van der Waals surface area contributed by atoms with Gasteiger partial charge in [-0.1, -0.05) is 98.8 Å². The first-order valence-electron chi connectivity index (χ1n) is 12.9. The molecule has 0 heterocycles. The first-order chi connectivity index (χ1) is 14.5. The van der Waals surface area contributed by atoms with Crippen molar-refractivity contribution in [3.05, 3.63) is 23.3 Å². The Bertz CT molecular complexity index is 562. The molecular weight excluding hydrogens is 368 g/mol. The van der Waals surface area contributed by atoms with Crippen LogP contribution in [0, 0.1) is 6.92 Å². The highest BCUT2D eigenvalue weighted by atomic mass is 16.5. The van der Waals surface area contributed by atoms with Gasteiger partial charge < -0.3 is 9.47 Å². The minimum Gasteiger partial charge on any atom is -0.493 e. The molecule has 0 atom stereocenters. The van der Waals surface area contributed by atoms with Crippen molar-refractivity contribution < 1.29 is 9.47 Å². The summed E-state index contributed by atoms with van der Waals surface area (Å²) in [5, 5.41) is 0. The van der Waals surface area contributed by atoms with Crippen LogP contribution in [0.1, 0.15) is 129 Å². The molecule has 1 rings (SSSR count). The van der Waals surface area contributed by atoms with Crippen LogP contribution in [0.4, 0.5) is 0 Å². The van der Waals surface area contributed by atoms with Gasteiger partial charge in [0.2, 0.25) is 0 Å². The van der Waals surface area contributed by atoms with Crippen LogP contribution in [0.25, 0.3) is 0 Å². The van der Waals surface area contributed by atoms with Crippen LogP contribution in [-0.2, 0) is 5.41 Å². The second-order valence-corrected chi connectivity index (χ2v) is 9.58. The molecule has 0 fully saturated rings. The topological polar surface area (TPSA) is 18.5 Å². The molecule has 0 aliphatic rings. The summed E-state index contributed by atoms with van der Waals surface area (Å²) < 4.78 is 12.5. The Morgan fingerprint density at radius 2 is 1.10 bits per heavy atom. The molecule has 0 amide bonds. The van der Waals surface area contributed by atoms with Crippen LogP contribution >= 0.6 is 0 Å². The summed E-state index contributed by atoms with van der Waals surface area (Å²) >= 11 is 0. The maximum atomic E-state index is 6.29. The van der Waals surface area contributed by atoms with Gasteiger partial charge in [0.05, 0.1) is 13.2 Å². The molecule has 2 nitrogen and oxygen atoms in total. The molecular formula is C28H50O2. The summed E-state index contributed by atoms with van der Waals surface area (Å²) in [7, 11) is 0. The van der Waals surface area contributed by atoms with Gasteiger partial charge in [-0.15, -0.1) is 0 Å². The molecule has 1 aromatic rings. The van der Waals surface area contributed by atoms with E-state index >= 15 is 0 Å². The summed E-state index contributed by atoms with van der Waals surface area (Å²) in [6.45, 7) is 15.2. The molecule has 174 valence electrons. The molecule has 0 aliphatic heterocycles. The molecule has 30 heavy (non-hydrogen) atoms. The lowest BCUT2D eigenvalue weighted by atomic mass is 9.81. The fourth-order valence-corrected chi connectivity index (χ4v) is 3.78. The predicted molar refractivity (Wildman–Crippen MR) is 132 cm³/mol. The van der Waals surface area contributed by atoms with Gasteiger partial charge in [0.1, 0.15) is 11.5 Å². The van der Waals surface area contributed by atoms with Gasteiger partial charge in [-0.3, -0.25) is 0 Å². The van der Waals surface area contributed by atoms with Gasteiger partial charge in [0.25, 0.3) is 0 Å². The number of hydrogen-bond donors (Lipinski definition) is 0. The van der Waals surface area contributed by atoms with Gasteiger partial charge in [-0.2, -0.15) is 0 Å². The summed E-state index contributed by atoms with van der Waals surface area (Å²) in [6.07, 6.45) is 16.6. The Kier molecular flexibility index (Phi) is 14.0. The predicted octanol–water partition coefficient (Wildman–Crippen LogP) is 9.16. The Morgan fingerprint density at radius 3 is 1.60 bits per heavy atom. The largest absolute Gasteiger partial charge is 0.493 e. The van der Waals surface area contributed by atoms with Crippen LogP contribution in [0.3, 0.4) is 0 Å². The zero-order chi connectivity index (χ0) is 22.2. The van der Waals surface area contributed by atoms with Crippen molar-refractivity contribution in [2.45, 2.75) is 130 Å². The molecule has 0 saturated heterocycles. The molecule has 0 saturated carbocycles. The summed E-state index contributed by atoms with van der Waals surface area (Å²) in [6, 6.07) is 4.47. The van der Waals surface area contributed by atoms with E-state index in [-0.39, 0.29) is 5.41 Å². The van der Waals surface area contributed by atoms with Gasteiger partial charge in [-0.05, 0) is 49.3 Å². The molecule has 2 heteroatoms. The van der Waals surface area contributed by atoms with Crippen molar-refractivity contribution in [1.82, 2.24) is 0 Å². The Hall–Kier alpha value is -1.18. The fourth-order valence-electron chi connectivity index (χ4n) is 3.78. The van der Waals surface area contributed by atoms with Gasteiger partial charge >= 0.3 is 0 Å². The van der Waals surface area contributed by atoms with Crippen molar-refractivity contribution in [2.24, 2.45) is 0 Å². The third-order valence-corrected chi connectivity index (χ3v) is 6.40. The number of benzene rings is 1. The first kappa shape index (κ1) is 26.9. The number of hydrogen-bond acceptors (Lipinski definition) is 2. The molecule has 0 unspecified atom stereocenters. The van der Waals surface area contributed by atoms with E-state index in [4.69, 9.17) is 9.47 Å². The molecule has 1 aromatic carbocycles. The van der Waals surface area contributed by atoms with E-state index in [9.17, 15) is 0 Å². The lowest BCUT2D eigenvalue weighted by molar-refractivity contribution is 0.286. The summed E-state index contributed by atoms with van der Waals surface area (Å²) in [5.41, 5.74) is 2.57. The van der Waals surface area contributed by atoms with E-state index in [1.807, 2.05) is 0 Å². The van der Waals surface area contributed by atoms with Gasteiger partial charge in [0.15, 0.2) is 0 Å². The van der Waals surface area contributed by atoms with Crippen LogP contribution < -0.4 is 9.47 Å². The highest BCUT2D eigenvalue weighted by molar-refractivity contribution is 5.49. The maximum Gasteiger partial charge on any atom is 0.123 e. The zero-order valence-corrected chi connectivity index (χ0v) is 21.1. The van der Waals surface area contributed by atoms with Gasteiger partial charge in [0, 0.05) is 5.56 Å². The van der Waals surface area contributed by atoms with Crippen molar-refractivity contribution in [2.75, 3.05) is 13.2 Å². The van der Waals surface area contributed by atoms with Crippen LogP contribution in [-0.4, -0.2) is 13.2 Å². The van der Waals surface area contributed by atoms with Crippen molar-refractivity contribution in [3.8, 4) is 11.5 Å². The smallest absolute Gasteiger partial charge is 0.123 e. The van der Waals surface area contributed by atoms with Crippen LogP contribution in [0.2, 0.25) is 0 Å². The van der Waals surface area contributed by atoms with Crippen molar-refractivity contribution in [1.29, 1.82) is 0 Å². The van der Waals surface area contributed by atoms with Crippen LogP contribution in [0.15, 0.2) is 12.1 Å². The van der Waals surface area contributed by atoms with Crippen LogP contribution in [0.5, 0.6) is 11.5 Å². The van der Waals surface area contributed by atoms with E-state index in [1.165, 1.54) is 75.3 Å². The van der Waals surface area contributed by atoms with Crippen molar-refractivity contribution >= 4 is 0 Å². The highest BCUT2D eigenvalue weighted by Crippen LogP contribution is 2.38. The summed E-state index contributed by atoms with van der Waals surface area (Å²) in [4.78, 5) is 0. The number of rotatable bonds is 18. The quantitative estimate of drug-likeness (QED) is 0.221. The van der Waals surface area contributed by atoms with E-state index in [0.717, 1.165) is 44.0 Å². The number of ether oxygens (including phenoxy) is 2. The van der Waals surface area contributed by atoms with Crippen molar-refractivity contribution in [3.63, 3.8) is 0 Å². The molecule has 0 spiro atoms. The standard InChI is InChI=1S/C28H50O2/c1-7-10-12-14-16-18-20-29-26-23-25(28(5,6)9-3)27(22-24(26)4)30-21-19-17-15-13-11-8-2/h22-23H,7-21H2,1-6H3. The lowest BCUT2D eigenvalue weighted by Gasteiger charge is -2.27. The Labute approximate surface area is 188 Å². The minimum absolute atomic E-state index is 0.0857. The van der Waals surface area contributed by atoms with E-state index in [1.54, 1.807) is 0 Å². The highest BCUT2D eigenvalue weighted by Gasteiger charge is 2.24. The number of aryl methyl sites for hydroxylation is 1. The third-order valence-electron chi connectivity index (χ3n) is 6.40. The molecule has 0 radical (unpaired) electrons. The lowest BCUT2D eigenvalue weighted by Crippen LogP contribution is -2.18. The van der Waals surface area contributed by atoms with Gasteiger partial charge in [-0.25, -0.2) is 0 Å². The Morgan fingerprint density at radius 1 is 0.633 bits per heavy atom. The second-order valence-electron chi connectivity index (χ2n) is 9.58. The maximum absolute atomic E-state index is 6.29. The molecule has 0 aromatic heterocycles. The third kappa shape index (κ3) is 10.2. The zero-order valence-electron chi connectivity index (χ0n) is 21.1. The fraction of sp³-hybridized carbons (Fsp3) is 0.786. The number of unbranched alkanes of at least 4 members (excludes halogenated alkanes) is 10. The minimum atomic E-state index is 0.0857. The van der Waals surface area contributed by atoms with E-state index < -0.39 is 0 Å². The normalized spacial score (nSPS) is 11.7. The molecule has 0 bridgehead atoms. The first-order valence-corrected chi connectivity index (χ1v) is 12.9. The monoisotopic (exact) mass is 418 g/mol. The molecule has 0 aliphatic carbocycles. The average molecular weight is 419 g/mol. The second kappa shape index (κ2) is 15.6. The average Bonchev–Trinajstić information content (AvgIpc) is 2.73. The molecule has 0 N–H and O–H groups in total. The summed E-state index contributed by atoms with van der Waals surface area (Å²) in [5.74, 6) is 2.09. The Balaban J connectivity index is 2.65. The van der Waals surface area contributed by atoms with E-state index in [2.05, 4.69) is 53.7 Å². The SMILES string of the molecule is CCCCCCCCOc1cc(C(C)(C)CC)c(OCCCCCCCC)cc1C. The van der Waals surface area contributed by atoms with E-state index in [0.29, 0.717) is 0 Å².